The van der Waals surface area contributed by atoms with E-state index in [-0.39, 0.29) is 11.2 Å². The maximum atomic E-state index is 13.0. The lowest BCUT2D eigenvalue weighted by Gasteiger charge is -2.16. The van der Waals surface area contributed by atoms with Gasteiger partial charge in [-0.2, -0.15) is 0 Å². The van der Waals surface area contributed by atoms with Crippen molar-refractivity contribution in [1.82, 2.24) is 9.88 Å². The minimum atomic E-state index is -3.28. The van der Waals surface area contributed by atoms with Gasteiger partial charge >= 0.3 is 0 Å². The first-order chi connectivity index (χ1) is 12.6. The van der Waals surface area contributed by atoms with E-state index in [0.717, 1.165) is 28.9 Å². The fourth-order valence-corrected chi connectivity index (χ4v) is 6.38. The van der Waals surface area contributed by atoms with E-state index in [1.165, 1.54) is 0 Å². The van der Waals surface area contributed by atoms with Gasteiger partial charge in [-0.1, -0.05) is 12.1 Å². The number of pyridine rings is 1. The Bertz CT molecular complexity index is 1050. The molecule has 0 amide bonds. The quantitative estimate of drug-likeness (QED) is 0.713. The standard InChI is InChI=1S/C20H18N2O3S/c23-26(24)19-5-4-14(15-6-8-25-13-15)9-17(19)18-11-22(12-20(18)26)10-16-3-1-2-7-21-16/h1-9,13,18,20H,10-12H2/t18-,20+/m0/s1. The number of furan rings is 1. The molecule has 1 fully saturated rings. The predicted molar refractivity (Wildman–Crippen MR) is 97.4 cm³/mol. The van der Waals surface area contributed by atoms with E-state index in [4.69, 9.17) is 4.42 Å². The smallest absolute Gasteiger partial charge is 0.183 e. The fourth-order valence-electron chi connectivity index (χ4n) is 4.18. The van der Waals surface area contributed by atoms with Crippen molar-refractivity contribution in [1.29, 1.82) is 0 Å². The van der Waals surface area contributed by atoms with Crippen molar-refractivity contribution < 1.29 is 12.8 Å². The zero-order valence-electron chi connectivity index (χ0n) is 14.1. The minimum absolute atomic E-state index is 0.0190. The van der Waals surface area contributed by atoms with Crippen LogP contribution in [0.4, 0.5) is 0 Å². The molecule has 2 atom stereocenters. The summed E-state index contributed by atoms with van der Waals surface area (Å²) in [6.45, 7) is 1.97. The topological polar surface area (TPSA) is 63.4 Å². The Balaban J connectivity index is 1.49. The minimum Gasteiger partial charge on any atom is -0.472 e. The lowest BCUT2D eigenvalue weighted by molar-refractivity contribution is 0.321. The summed E-state index contributed by atoms with van der Waals surface area (Å²) in [5.74, 6) is 0.0190. The van der Waals surface area contributed by atoms with Crippen LogP contribution in [0.5, 0.6) is 0 Å². The van der Waals surface area contributed by atoms with E-state index in [1.54, 1.807) is 24.8 Å². The van der Waals surface area contributed by atoms with Crippen LogP contribution < -0.4 is 0 Å². The third-order valence-corrected chi connectivity index (χ3v) is 7.68. The molecule has 0 aliphatic carbocycles. The zero-order valence-corrected chi connectivity index (χ0v) is 14.9. The third-order valence-electron chi connectivity index (χ3n) is 5.42. The van der Waals surface area contributed by atoms with Crippen molar-refractivity contribution in [3.8, 4) is 11.1 Å². The van der Waals surface area contributed by atoms with Crippen molar-refractivity contribution in [2.75, 3.05) is 13.1 Å². The van der Waals surface area contributed by atoms with E-state index in [2.05, 4.69) is 9.88 Å². The first kappa shape index (κ1) is 15.8. The van der Waals surface area contributed by atoms with Crippen molar-refractivity contribution in [2.24, 2.45) is 0 Å². The molecule has 2 aliphatic heterocycles. The Hall–Kier alpha value is -2.44. The van der Waals surface area contributed by atoms with Gasteiger partial charge in [0, 0.05) is 37.3 Å². The molecule has 1 saturated heterocycles. The Morgan fingerprint density at radius 2 is 2.04 bits per heavy atom. The first-order valence-electron chi connectivity index (χ1n) is 8.65. The molecule has 5 nitrogen and oxygen atoms in total. The second-order valence-electron chi connectivity index (χ2n) is 6.97. The summed E-state index contributed by atoms with van der Waals surface area (Å²) in [5, 5.41) is -0.360. The Morgan fingerprint density at radius 3 is 2.81 bits per heavy atom. The average Bonchev–Trinajstić information content (AvgIpc) is 3.35. The maximum Gasteiger partial charge on any atom is 0.183 e. The van der Waals surface area contributed by atoms with E-state index in [0.29, 0.717) is 18.0 Å². The summed E-state index contributed by atoms with van der Waals surface area (Å²) in [5.41, 5.74) is 3.88. The Kier molecular flexibility index (Phi) is 3.52. The van der Waals surface area contributed by atoms with Gasteiger partial charge < -0.3 is 4.42 Å². The molecule has 2 aliphatic rings. The van der Waals surface area contributed by atoms with E-state index < -0.39 is 9.84 Å². The molecular weight excluding hydrogens is 348 g/mol. The number of sulfone groups is 1. The molecule has 1 aromatic carbocycles. The number of fused-ring (bicyclic) bond motifs is 3. The van der Waals surface area contributed by atoms with E-state index in [9.17, 15) is 8.42 Å². The van der Waals surface area contributed by atoms with Gasteiger partial charge in [0.1, 0.15) is 0 Å². The van der Waals surface area contributed by atoms with Crippen LogP contribution in [0.2, 0.25) is 0 Å². The van der Waals surface area contributed by atoms with Gasteiger partial charge in [0.05, 0.1) is 28.4 Å². The molecule has 0 N–H and O–H groups in total. The Morgan fingerprint density at radius 1 is 1.12 bits per heavy atom. The number of hydrogen-bond acceptors (Lipinski definition) is 5. The predicted octanol–water partition coefficient (Wildman–Crippen LogP) is 3.10. The van der Waals surface area contributed by atoms with Crippen LogP contribution in [0.3, 0.4) is 0 Å². The van der Waals surface area contributed by atoms with Crippen molar-refractivity contribution >= 4 is 9.84 Å². The highest BCUT2D eigenvalue weighted by atomic mass is 32.2. The largest absolute Gasteiger partial charge is 0.472 e. The molecule has 5 rings (SSSR count). The van der Waals surface area contributed by atoms with Gasteiger partial charge in [-0.25, -0.2) is 8.42 Å². The van der Waals surface area contributed by atoms with Crippen molar-refractivity contribution in [2.45, 2.75) is 22.6 Å². The normalized spacial score (nSPS) is 23.7. The van der Waals surface area contributed by atoms with Crippen LogP contribution in [0.1, 0.15) is 17.2 Å². The molecule has 0 spiro atoms. The summed E-state index contributed by atoms with van der Waals surface area (Å²) in [6.07, 6.45) is 5.09. The van der Waals surface area contributed by atoms with Crippen molar-refractivity contribution in [3.63, 3.8) is 0 Å². The number of benzene rings is 1. The van der Waals surface area contributed by atoms with Crippen LogP contribution in [0.15, 0.2) is 70.5 Å². The van der Waals surface area contributed by atoms with Crippen LogP contribution in [-0.2, 0) is 16.4 Å². The second-order valence-corrected chi connectivity index (χ2v) is 9.11. The third kappa shape index (κ3) is 2.40. The molecule has 3 aromatic rings. The summed E-state index contributed by atoms with van der Waals surface area (Å²) in [4.78, 5) is 7.06. The molecule has 4 heterocycles. The number of likely N-dealkylation sites (tertiary alicyclic amines) is 1. The van der Waals surface area contributed by atoms with Gasteiger partial charge in [0.2, 0.25) is 0 Å². The highest BCUT2D eigenvalue weighted by Gasteiger charge is 2.50. The van der Waals surface area contributed by atoms with Gasteiger partial charge in [0.15, 0.2) is 9.84 Å². The number of rotatable bonds is 3. The van der Waals surface area contributed by atoms with Gasteiger partial charge in [-0.15, -0.1) is 0 Å². The highest BCUT2D eigenvalue weighted by molar-refractivity contribution is 7.92. The second kappa shape index (κ2) is 5.79. The van der Waals surface area contributed by atoms with Crippen molar-refractivity contribution in [3.05, 3.63) is 72.4 Å². The molecule has 0 unspecified atom stereocenters. The maximum absolute atomic E-state index is 13.0. The fraction of sp³-hybridized carbons (Fsp3) is 0.250. The summed E-state index contributed by atoms with van der Waals surface area (Å²) in [7, 11) is -3.28. The molecule has 0 saturated carbocycles. The Labute approximate surface area is 152 Å². The molecule has 0 radical (unpaired) electrons. The van der Waals surface area contributed by atoms with Gasteiger partial charge in [-0.3, -0.25) is 9.88 Å². The van der Waals surface area contributed by atoms with Crippen LogP contribution in [0.25, 0.3) is 11.1 Å². The average molecular weight is 366 g/mol. The monoisotopic (exact) mass is 366 g/mol. The lowest BCUT2D eigenvalue weighted by atomic mass is 9.95. The summed E-state index contributed by atoms with van der Waals surface area (Å²) >= 11 is 0. The van der Waals surface area contributed by atoms with Crippen LogP contribution in [-0.4, -0.2) is 36.6 Å². The first-order valence-corrected chi connectivity index (χ1v) is 10.2. The molecular formula is C20H18N2O3S. The van der Waals surface area contributed by atoms with E-state index in [1.807, 2.05) is 36.4 Å². The lowest BCUT2D eigenvalue weighted by Crippen LogP contribution is -2.26. The van der Waals surface area contributed by atoms with Crippen LogP contribution >= 0.6 is 0 Å². The molecule has 26 heavy (non-hydrogen) atoms. The molecule has 0 bridgehead atoms. The molecule has 6 heteroatoms. The SMILES string of the molecule is O=S1(=O)c2ccc(-c3ccoc3)cc2[C@@H]2CN(Cc3ccccn3)C[C@H]21. The summed E-state index contributed by atoms with van der Waals surface area (Å²) < 4.78 is 31.2. The van der Waals surface area contributed by atoms with Crippen LogP contribution in [0, 0.1) is 0 Å². The van der Waals surface area contributed by atoms with Gasteiger partial charge in [-0.05, 0) is 41.5 Å². The zero-order chi connectivity index (χ0) is 17.7. The number of aromatic nitrogens is 1. The van der Waals surface area contributed by atoms with E-state index >= 15 is 0 Å². The number of hydrogen-bond donors (Lipinski definition) is 0. The van der Waals surface area contributed by atoms with Gasteiger partial charge in [0.25, 0.3) is 0 Å². The molecule has 132 valence electrons. The number of nitrogens with zero attached hydrogens (tertiary/aromatic N) is 2. The summed E-state index contributed by atoms with van der Waals surface area (Å²) in [6, 6.07) is 13.4. The molecule has 2 aromatic heterocycles. The highest BCUT2D eigenvalue weighted by Crippen LogP contribution is 2.46.